The summed E-state index contributed by atoms with van der Waals surface area (Å²) >= 11 is 0. The number of nitrogens with zero attached hydrogens (tertiary/aromatic N) is 1. The van der Waals surface area contributed by atoms with Crippen LogP contribution in [0.4, 0.5) is 0 Å². The highest BCUT2D eigenvalue weighted by Gasteiger charge is 2.31. The minimum Gasteiger partial charge on any atom is -0.391 e. The van der Waals surface area contributed by atoms with Crippen molar-refractivity contribution in [3.63, 3.8) is 0 Å². The maximum atomic E-state index is 11.9. The van der Waals surface area contributed by atoms with Gasteiger partial charge in [0.15, 0.2) is 0 Å². The van der Waals surface area contributed by atoms with Crippen molar-refractivity contribution in [2.75, 3.05) is 13.6 Å². The fourth-order valence-electron chi connectivity index (χ4n) is 1.68. The molecular formula is C13H25NO2. The summed E-state index contributed by atoms with van der Waals surface area (Å²) in [5.41, 5.74) is 0. The van der Waals surface area contributed by atoms with Gasteiger partial charge in [-0.3, -0.25) is 4.79 Å². The van der Waals surface area contributed by atoms with E-state index in [1.165, 1.54) is 0 Å². The van der Waals surface area contributed by atoms with Gasteiger partial charge < -0.3 is 10.0 Å². The lowest BCUT2D eigenvalue weighted by molar-refractivity contribution is -0.132. The Bertz CT molecular complexity index is 236. The maximum absolute atomic E-state index is 11.9. The summed E-state index contributed by atoms with van der Waals surface area (Å²) in [5, 5.41) is 9.76. The molecule has 0 bridgehead atoms. The van der Waals surface area contributed by atoms with E-state index in [4.69, 9.17) is 0 Å². The summed E-state index contributed by atoms with van der Waals surface area (Å²) in [4.78, 5) is 13.5. The average Bonchev–Trinajstić information content (AvgIpc) is 3.00. The van der Waals surface area contributed by atoms with Crippen LogP contribution in [0, 0.1) is 17.8 Å². The summed E-state index contributed by atoms with van der Waals surface area (Å²) in [6.07, 6.45) is 2.51. The molecule has 16 heavy (non-hydrogen) atoms. The molecule has 0 aliphatic heterocycles. The van der Waals surface area contributed by atoms with Crippen molar-refractivity contribution in [3.8, 4) is 0 Å². The zero-order valence-electron chi connectivity index (χ0n) is 10.9. The fourth-order valence-corrected chi connectivity index (χ4v) is 1.68. The van der Waals surface area contributed by atoms with Crippen LogP contribution in [0.15, 0.2) is 0 Å². The lowest BCUT2D eigenvalue weighted by Crippen LogP contribution is -2.36. The number of hydrogen-bond donors (Lipinski definition) is 1. The van der Waals surface area contributed by atoms with E-state index in [0.29, 0.717) is 30.7 Å². The van der Waals surface area contributed by atoms with Gasteiger partial charge in [-0.25, -0.2) is 0 Å². The van der Waals surface area contributed by atoms with Crippen molar-refractivity contribution in [3.05, 3.63) is 0 Å². The van der Waals surface area contributed by atoms with E-state index in [2.05, 4.69) is 20.8 Å². The monoisotopic (exact) mass is 227 g/mol. The minimum atomic E-state index is -0.316. The standard InChI is InChI=1S/C13H25NO2/c1-9(2)10(3)7-13(16)14(4)8-12(15)11-5-6-11/h9-12,15H,5-8H2,1-4H3. The summed E-state index contributed by atoms with van der Waals surface area (Å²) in [6.45, 7) is 6.87. The van der Waals surface area contributed by atoms with Crippen LogP contribution < -0.4 is 0 Å². The SMILES string of the molecule is CC(C)C(C)CC(=O)N(C)CC(O)C1CC1. The van der Waals surface area contributed by atoms with Crippen LogP contribution in [0.1, 0.15) is 40.0 Å². The number of rotatable bonds is 6. The van der Waals surface area contributed by atoms with Crippen molar-refractivity contribution < 1.29 is 9.90 Å². The first-order valence-corrected chi connectivity index (χ1v) is 6.33. The third-order valence-electron chi connectivity index (χ3n) is 3.69. The molecule has 1 fully saturated rings. The fraction of sp³-hybridized carbons (Fsp3) is 0.923. The van der Waals surface area contributed by atoms with Crippen molar-refractivity contribution in [1.29, 1.82) is 0 Å². The van der Waals surface area contributed by atoms with Crippen LogP contribution >= 0.6 is 0 Å². The van der Waals surface area contributed by atoms with Crippen LogP contribution in [0.3, 0.4) is 0 Å². The van der Waals surface area contributed by atoms with E-state index < -0.39 is 0 Å². The normalized spacial score (nSPS) is 19.6. The highest BCUT2D eigenvalue weighted by atomic mass is 16.3. The van der Waals surface area contributed by atoms with Crippen molar-refractivity contribution in [1.82, 2.24) is 4.90 Å². The molecule has 2 atom stereocenters. The highest BCUT2D eigenvalue weighted by molar-refractivity contribution is 5.76. The van der Waals surface area contributed by atoms with Gasteiger partial charge in [0.05, 0.1) is 6.10 Å². The predicted octanol–water partition coefficient (Wildman–Crippen LogP) is 1.90. The van der Waals surface area contributed by atoms with Crippen LogP contribution in [-0.2, 0) is 4.79 Å². The molecule has 0 radical (unpaired) electrons. The van der Waals surface area contributed by atoms with Gasteiger partial charge in [0, 0.05) is 20.0 Å². The zero-order valence-corrected chi connectivity index (χ0v) is 10.9. The van der Waals surface area contributed by atoms with E-state index >= 15 is 0 Å². The van der Waals surface area contributed by atoms with Crippen LogP contribution in [0.5, 0.6) is 0 Å². The zero-order chi connectivity index (χ0) is 12.3. The van der Waals surface area contributed by atoms with E-state index in [1.807, 2.05) is 0 Å². The summed E-state index contributed by atoms with van der Waals surface area (Å²) in [5.74, 6) is 1.54. The molecule has 0 spiro atoms. The number of hydrogen-bond acceptors (Lipinski definition) is 2. The second kappa shape index (κ2) is 5.67. The van der Waals surface area contributed by atoms with Gasteiger partial charge in [0.1, 0.15) is 0 Å². The van der Waals surface area contributed by atoms with Crippen LogP contribution in [-0.4, -0.2) is 35.6 Å². The first-order chi connectivity index (χ1) is 7.41. The Hall–Kier alpha value is -0.570. The quantitative estimate of drug-likeness (QED) is 0.753. The van der Waals surface area contributed by atoms with E-state index in [9.17, 15) is 9.90 Å². The minimum absolute atomic E-state index is 0.154. The molecule has 0 aromatic heterocycles. The summed E-state index contributed by atoms with van der Waals surface area (Å²) in [6, 6.07) is 0. The molecule has 1 saturated carbocycles. The molecule has 1 amide bonds. The molecule has 0 saturated heterocycles. The van der Waals surface area contributed by atoms with Gasteiger partial charge in [-0.05, 0) is 30.6 Å². The van der Waals surface area contributed by atoms with Gasteiger partial charge >= 0.3 is 0 Å². The lowest BCUT2D eigenvalue weighted by Gasteiger charge is -2.23. The Balaban J connectivity index is 2.29. The molecule has 1 N–H and O–H groups in total. The summed E-state index contributed by atoms with van der Waals surface area (Å²) < 4.78 is 0. The number of aliphatic hydroxyl groups is 1. The summed E-state index contributed by atoms with van der Waals surface area (Å²) in [7, 11) is 1.79. The predicted molar refractivity (Wildman–Crippen MR) is 65.0 cm³/mol. The topological polar surface area (TPSA) is 40.5 Å². The Morgan fingerprint density at radius 1 is 1.38 bits per heavy atom. The van der Waals surface area contributed by atoms with Gasteiger partial charge in [-0.15, -0.1) is 0 Å². The highest BCUT2D eigenvalue weighted by Crippen LogP contribution is 2.32. The number of aliphatic hydroxyl groups excluding tert-OH is 1. The van der Waals surface area contributed by atoms with Gasteiger partial charge in [0.2, 0.25) is 5.91 Å². The molecule has 0 aromatic carbocycles. The number of carbonyl (C=O) groups excluding carboxylic acids is 1. The molecule has 1 rings (SSSR count). The number of likely N-dealkylation sites (N-methyl/N-ethyl adjacent to an activating group) is 1. The largest absolute Gasteiger partial charge is 0.391 e. The molecule has 3 heteroatoms. The van der Waals surface area contributed by atoms with Crippen LogP contribution in [0.2, 0.25) is 0 Å². The first kappa shape index (κ1) is 13.5. The molecule has 94 valence electrons. The molecule has 1 aliphatic rings. The smallest absolute Gasteiger partial charge is 0.222 e. The van der Waals surface area contributed by atoms with E-state index in [1.54, 1.807) is 11.9 Å². The van der Waals surface area contributed by atoms with E-state index in [-0.39, 0.29) is 12.0 Å². The average molecular weight is 227 g/mol. The third-order valence-corrected chi connectivity index (χ3v) is 3.69. The second-order valence-electron chi connectivity index (χ2n) is 5.60. The van der Waals surface area contributed by atoms with Crippen LogP contribution in [0.25, 0.3) is 0 Å². The Labute approximate surface area is 98.8 Å². The molecular weight excluding hydrogens is 202 g/mol. The molecule has 2 unspecified atom stereocenters. The van der Waals surface area contributed by atoms with Gasteiger partial charge in [0.25, 0.3) is 0 Å². The van der Waals surface area contributed by atoms with Crippen molar-refractivity contribution >= 4 is 5.91 Å². The number of amides is 1. The van der Waals surface area contributed by atoms with Gasteiger partial charge in [-0.2, -0.15) is 0 Å². The van der Waals surface area contributed by atoms with E-state index in [0.717, 1.165) is 12.8 Å². The lowest BCUT2D eigenvalue weighted by atomic mass is 9.94. The Morgan fingerprint density at radius 3 is 2.38 bits per heavy atom. The third kappa shape index (κ3) is 4.12. The van der Waals surface area contributed by atoms with Crippen molar-refractivity contribution in [2.45, 2.75) is 46.1 Å². The Morgan fingerprint density at radius 2 is 1.94 bits per heavy atom. The number of carbonyl (C=O) groups is 1. The molecule has 0 aromatic rings. The molecule has 0 heterocycles. The Kier molecular flexibility index (Phi) is 4.78. The molecule has 3 nitrogen and oxygen atoms in total. The maximum Gasteiger partial charge on any atom is 0.222 e. The molecule has 1 aliphatic carbocycles. The second-order valence-corrected chi connectivity index (χ2v) is 5.60. The van der Waals surface area contributed by atoms with Crippen molar-refractivity contribution in [2.24, 2.45) is 17.8 Å². The van der Waals surface area contributed by atoms with Gasteiger partial charge in [-0.1, -0.05) is 20.8 Å². The first-order valence-electron chi connectivity index (χ1n) is 6.33.